The van der Waals surface area contributed by atoms with Gasteiger partial charge in [-0.2, -0.15) is 0 Å². The number of hydrogen-bond donors (Lipinski definition) is 2. The lowest BCUT2D eigenvalue weighted by Gasteiger charge is -2.38. The summed E-state index contributed by atoms with van der Waals surface area (Å²) in [6.45, 7) is 22.6. The van der Waals surface area contributed by atoms with E-state index in [1.165, 1.54) is 36.0 Å². The lowest BCUT2D eigenvalue weighted by Crippen LogP contribution is -2.32. The van der Waals surface area contributed by atoms with Crippen molar-refractivity contribution in [2.24, 2.45) is 40.4 Å². The van der Waals surface area contributed by atoms with Crippen molar-refractivity contribution in [1.82, 2.24) is 0 Å². The molecule has 2 heteroatoms. The molecule has 0 heterocycles. The Kier molecular flexibility index (Phi) is 14.5. The van der Waals surface area contributed by atoms with Gasteiger partial charge in [0, 0.05) is 5.92 Å². The number of rotatable bonds is 14. The Labute approximate surface area is 260 Å². The first-order chi connectivity index (χ1) is 19.6. The Bertz CT molecular complexity index is 1040. The van der Waals surface area contributed by atoms with Gasteiger partial charge >= 0.3 is 0 Å². The van der Waals surface area contributed by atoms with Crippen LogP contribution in [0, 0.1) is 40.4 Å². The summed E-state index contributed by atoms with van der Waals surface area (Å²) in [7, 11) is 0. The molecule has 7 atom stereocenters. The van der Waals surface area contributed by atoms with Crippen molar-refractivity contribution in [1.29, 1.82) is 0 Å². The van der Waals surface area contributed by atoms with Crippen LogP contribution < -0.4 is 0 Å². The molecular formula is C40H64O2. The van der Waals surface area contributed by atoms with E-state index in [1.54, 1.807) is 0 Å². The van der Waals surface area contributed by atoms with Crippen molar-refractivity contribution in [3.8, 4) is 0 Å². The second-order valence-corrected chi connectivity index (χ2v) is 15.2. The summed E-state index contributed by atoms with van der Waals surface area (Å²) in [5, 5.41) is 20.2. The van der Waals surface area contributed by atoms with E-state index in [9.17, 15) is 10.2 Å². The number of aliphatic hydroxyl groups is 2. The molecule has 0 aromatic rings. The van der Waals surface area contributed by atoms with Crippen LogP contribution in [0.1, 0.15) is 114 Å². The number of aliphatic hydroxyl groups excluding tert-OH is 2. The van der Waals surface area contributed by atoms with Crippen LogP contribution in [0.25, 0.3) is 0 Å². The van der Waals surface area contributed by atoms with Crippen molar-refractivity contribution in [3.63, 3.8) is 0 Å². The van der Waals surface area contributed by atoms with E-state index in [4.69, 9.17) is 0 Å². The summed E-state index contributed by atoms with van der Waals surface area (Å²) in [5.41, 5.74) is 4.20. The van der Waals surface area contributed by atoms with Crippen molar-refractivity contribution in [2.45, 2.75) is 126 Å². The van der Waals surface area contributed by atoms with Crippen LogP contribution in [0.2, 0.25) is 0 Å². The van der Waals surface area contributed by atoms with Crippen LogP contribution in [0.5, 0.6) is 0 Å². The molecule has 2 nitrogen and oxygen atoms in total. The molecule has 0 saturated carbocycles. The Balaban J connectivity index is 1.69. The lowest BCUT2D eigenvalue weighted by atomic mass is 9.67. The predicted octanol–water partition coefficient (Wildman–Crippen LogP) is 10.7. The zero-order valence-electron chi connectivity index (χ0n) is 28.7. The van der Waals surface area contributed by atoms with E-state index in [0.29, 0.717) is 29.6 Å². The Morgan fingerprint density at radius 3 is 2.07 bits per heavy atom. The SMILES string of the molecule is CC1=C[C@H](O)CC(C)(C)[C@H]1/C=C/C(C)/C=C/CC(C)/C=C/C=C/C(C)CCCC(C)/C=C/C1=C(C)C[C@H](O)CC1(C)C. The fourth-order valence-electron chi connectivity index (χ4n) is 7.00. The predicted molar refractivity (Wildman–Crippen MR) is 184 cm³/mol. The first kappa shape index (κ1) is 36.3. The maximum Gasteiger partial charge on any atom is 0.0729 e. The maximum atomic E-state index is 10.1. The normalized spacial score (nSPS) is 27.9. The van der Waals surface area contributed by atoms with Gasteiger partial charge in [0.2, 0.25) is 0 Å². The molecule has 2 aliphatic rings. The van der Waals surface area contributed by atoms with Crippen LogP contribution in [0.15, 0.2) is 83.6 Å². The van der Waals surface area contributed by atoms with Gasteiger partial charge in [0.1, 0.15) is 0 Å². The summed E-state index contributed by atoms with van der Waals surface area (Å²) in [4.78, 5) is 0. The van der Waals surface area contributed by atoms with Crippen LogP contribution in [0.3, 0.4) is 0 Å². The first-order valence-electron chi connectivity index (χ1n) is 16.7. The van der Waals surface area contributed by atoms with E-state index in [1.807, 2.05) is 6.08 Å². The molecular weight excluding hydrogens is 512 g/mol. The highest BCUT2D eigenvalue weighted by Crippen LogP contribution is 2.42. The van der Waals surface area contributed by atoms with Gasteiger partial charge in [-0.05, 0) is 92.4 Å². The van der Waals surface area contributed by atoms with Crippen molar-refractivity contribution in [3.05, 3.63) is 83.6 Å². The smallest absolute Gasteiger partial charge is 0.0729 e. The minimum atomic E-state index is -0.309. The van der Waals surface area contributed by atoms with E-state index in [0.717, 1.165) is 25.7 Å². The molecule has 0 aliphatic heterocycles. The summed E-state index contributed by atoms with van der Waals surface area (Å²) < 4.78 is 0. The molecule has 0 amide bonds. The van der Waals surface area contributed by atoms with Crippen LogP contribution in [0.4, 0.5) is 0 Å². The van der Waals surface area contributed by atoms with Crippen LogP contribution >= 0.6 is 0 Å². The van der Waals surface area contributed by atoms with E-state index >= 15 is 0 Å². The maximum absolute atomic E-state index is 10.1. The van der Waals surface area contributed by atoms with Gasteiger partial charge < -0.3 is 10.2 Å². The largest absolute Gasteiger partial charge is 0.393 e. The highest BCUT2D eigenvalue weighted by Gasteiger charge is 2.34. The van der Waals surface area contributed by atoms with Crippen molar-refractivity contribution >= 4 is 0 Å². The summed E-state index contributed by atoms with van der Waals surface area (Å²) in [6, 6.07) is 0. The minimum Gasteiger partial charge on any atom is -0.393 e. The average Bonchev–Trinajstić information content (AvgIpc) is 2.84. The number of allylic oxidation sites excluding steroid dienone is 12. The molecule has 4 unspecified atom stereocenters. The Hall–Kier alpha value is -1.90. The quantitative estimate of drug-likeness (QED) is 0.159. The van der Waals surface area contributed by atoms with Gasteiger partial charge in [0.25, 0.3) is 0 Å². The number of hydrogen-bond acceptors (Lipinski definition) is 2. The van der Waals surface area contributed by atoms with Crippen molar-refractivity contribution < 1.29 is 10.2 Å². The molecule has 0 saturated heterocycles. The highest BCUT2D eigenvalue weighted by molar-refractivity contribution is 5.33. The summed E-state index contributed by atoms with van der Waals surface area (Å²) >= 11 is 0. The van der Waals surface area contributed by atoms with Gasteiger partial charge in [0.15, 0.2) is 0 Å². The summed E-state index contributed by atoms with van der Waals surface area (Å²) in [6.07, 6.45) is 31.9. The topological polar surface area (TPSA) is 40.5 Å². The molecule has 0 aromatic carbocycles. The Morgan fingerprint density at radius 1 is 0.833 bits per heavy atom. The molecule has 236 valence electrons. The standard InChI is InChI=1S/C40H64O2/c1-29(17-13-19-31(3)21-23-37-33(5)25-35(41)27-39(37,7)8)15-11-12-16-30(2)18-14-20-32(4)22-24-38-34(6)26-36(42)28-40(38,9)10/h11-13,15-16,19,21-25,29-32,35-37,41-42H,14,17-18,20,26-28H2,1-10H3/b15-11+,16-12+,19-13+,23-21+,24-22+/t29?,30?,31?,32?,35-,36-,37-/m0/s1. The van der Waals surface area contributed by atoms with Crippen LogP contribution in [-0.2, 0) is 0 Å². The van der Waals surface area contributed by atoms with Gasteiger partial charge in [-0.3, -0.25) is 0 Å². The molecule has 0 bridgehead atoms. The zero-order chi connectivity index (χ0) is 31.5. The van der Waals surface area contributed by atoms with E-state index in [2.05, 4.69) is 130 Å². The minimum absolute atomic E-state index is 0.0596. The van der Waals surface area contributed by atoms with Gasteiger partial charge in [-0.25, -0.2) is 0 Å². The third-order valence-electron chi connectivity index (χ3n) is 9.46. The van der Waals surface area contributed by atoms with Gasteiger partial charge in [-0.15, -0.1) is 0 Å². The Morgan fingerprint density at radius 2 is 1.45 bits per heavy atom. The second-order valence-electron chi connectivity index (χ2n) is 15.2. The fraction of sp³-hybridized carbons (Fsp3) is 0.650. The molecule has 0 fully saturated rings. The zero-order valence-corrected chi connectivity index (χ0v) is 28.7. The third-order valence-corrected chi connectivity index (χ3v) is 9.46. The molecule has 2 rings (SSSR count). The van der Waals surface area contributed by atoms with E-state index in [-0.39, 0.29) is 23.0 Å². The van der Waals surface area contributed by atoms with Crippen LogP contribution in [-0.4, -0.2) is 22.4 Å². The third kappa shape index (κ3) is 12.4. The molecule has 0 spiro atoms. The molecule has 2 aliphatic carbocycles. The second kappa shape index (κ2) is 16.8. The monoisotopic (exact) mass is 576 g/mol. The first-order valence-corrected chi connectivity index (χ1v) is 16.7. The van der Waals surface area contributed by atoms with E-state index < -0.39 is 0 Å². The highest BCUT2D eigenvalue weighted by atomic mass is 16.3. The molecule has 42 heavy (non-hydrogen) atoms. The van der Waals surface area contributed by atoms with Gasteiger partial charge in [0.05, 0.1) is 12.2 Å². The fourth-order valence-corrected chi connectivity index (χ4v) is 7.00. The molecule has 0 aromatic heterocycles. The molecule has 2 N–H and O–H groups in total. The average molecular weight is 577 g/mol. The van der Waals surface area contributed by atoms with Gasteiger partial charge in [-0.1, -0.05) is 140 Å². The van der Waals surface area contributed by atoms with Crippen molar-refractivity contribution in [2.75, 3.05) is 0 Å². The lowest BCUT2D eigenvalue weighted by molar-refractivity contribution is 0.116. The molecule has 0 radical (unpaired) electrons. The summed E-state index contributed by atoms with van der Waals surface area (Å²) in [5.74, 6) is 2.49.